The van der Waals surface area contributed by atoms with Gasteiger partial charge >= 0.3 is 17.8 Å². The van der Waals surface area contributed by atoms with Gasteiger partial charge in [-0.2, -0.15) is 5.10 Å². The van der Waals surface area contributed by atoms with Gasteiger partial charge in [-0.15, -0.1) is 11.3 Å². The van der Waals surface area contributed by atoms with E-state index in [0.717, 1.165) is 36.1 Å². The van der Waals surface area contributed by atoms with Crippen molar-refractivity contribution in [1.82, 2.24) is 5.43 Å². The summed E-state index contributed by atoms with van der Waals surface area (Å²) in [4.78, 5) is 37.6. The lowest BCUT2D eigenvalue weighted by Gasteiger charge is -2.11. The SMILES string of the molecule is COC(=O)c1c(NC(=O)C(=O)NN=Cc2ccccc2OC)sc2c1CCCC2. The van der Waals surface area contributed by atoms with Crippen LogP contribution in [-0.2, 0) is 27.2 Å². The molecule has 2 aromatic rings. The van der Waals surface area contributed by atoms with E-state index in [9.17, 15) is 14.4 Å². The molecular weight excluding hydrogens is 394 g/mol. The first-order valence-electron chi connectivity index (χ1n) is 9.05. The lowest BCUT2D eigenvalue weighted by atomic mass is 9.95. The van der Waals surface area contributed by atoms with E-state index in [-0.39, 0.29) is 0 Å². The van der Waals surface area contributed by atoms with Gasteiger partial charge < -0.3 is 14.8 Å². The van der Waals surface area contributed by atoms with Gasteiger partial charge in [0, 0.05) is 10.4 Å². The maximum atomic E-state index is 12.3. The van der Waals surface area contributed by atoms with Gasteiger partial charge in [0.15, 0.2) is 0 Å². The maximum absolute atomic E-state index is 12.3. The van der Waals surface area contributed by atoms with Crippen LogP contribution in [0, 0.1) is 0 Å². The van der Waals surface area contributed by atoms with Crippen LogP contribution in [-0.4, -0.2) is 38.2 Å². The number of esters is 1. The largest absolute Gasteiger partial charge is 0.496 e. The zero-order valence-corrected chi connectivity index (χ0v) is 16.9. The Morgan fingerprint density at radius 3 is 2.62 bits per heavy atom. The standard InChI is InChI=1S/C20H21N3O5S/c1-27-14-9-5-3-7-12(14)11-21-23-18(25)17(24)22-19-16(20(26)28-2)13-8-4-6-10-15(13)29-19/h3,5,7,9,11H,4,6,8,10H2,1-2H3,(H,22,24)(H,23,25). The highest BCUT2D eigenvalue weighted by Gasteiger charge is 2.28. The third kappa shape index (κ3) is 4.62. The number of hydrogen-bond acceptors (Lipinski definition) is 7. The first-order valence-corrected chi connectivity index (χ1v) is 9.87. The molecule has 2 amide bonds. The fourth-order valence-corrected chi connectivity index (χ4v) is 4.39. The van der Waals surface area contributed by atoms with E-state index in [1.54, 1.807) is 18.2 Å². The molecule has 3 rings (SSSR count). The van der Waals surface area contributed by atoms with Crippen molar-refractivity contribution in [3.63, 3.8) is 0 Å². The number of methoxy groups -OCH3 is 2. The molecule has 0 fully saturated rings. The van der Waals surface area contributed by atoms with Crippen LogP contribution in [0.4, 0.5) is 5.00 Å². The predicted molar refractivity (Wildman–Crippen MR) is 110 cm³/mol. The minimum Gasteiger partial charge on any atom is -0.496 e. The monoisotopic (exact) mass is 415 g/mol. The number of nitrogens with zero attached hydrogens (tertiary/aromatic N) is 1. The fraction of sp³-hybridized carbons (Fsp3) is 0.300. The van der Waals surface area contributed by atoms with Crippen LogP contribution in [0.1, 0.15) is 39.2 Å². The van der Waals surface area contributed by atoms with Gasteiger partial charge in [0.05, 0.1) is 26.0 Å². The molecule has 8 nitrogen and oxygen atoms in total. The molecule has 0 atom stereocenters. The average Bonchev–Trinajstić information content (AvgIpc) is 3.11. The van der Waals surface area contributed by atoms with Crippen LogP contribution in [0.25, 0.3) is 0 Å². The Kier molecular flexibility index (Phi) is 6.61. The Morgan fingerprint density at radius 2 is 1.86 bits per heavy atom. The van der Waals surface area contributed by atoms with Crippen molar-refractivity contribution in [3.8, 4) is 5.75 Å². The number of fused-ring (bicyclic) bond motifs is 1. The summed E-state index contributed by atoms with van der Waals surface area (Å²) in [6, 6.07) is 7.11. The molecule has 1 aliphatic rings. The summed E-state index contributed by atoms with van der Waals surface area (Å²) in [7, 11) is 2.82. The van der Waals surface area contributed by atoms with E-state index in [1.807, 2.05) is 6.07 Å². The number of para-hydroxylation sites is 1. The van der Waals surface area contributed by atoms with Crippen molar-refractivity contribution in [2.75, 3.05) is 19.5 Å². The summed E-state index contributed by atoms with van der Waals surface area (Å²) in [6.07, 6.45) is 4.98. The zero-order valence-electron chi connectivity index (χ0n) is 16.1. The summed E-state index contributed by atoms with van der Waals surface area (Å²) < 4.78 is 10.0. The molecule has 9 heteroatoms. The molecule has 0 radical (unpaired) electrons. The summed E-state index contributed by atoms with van der Waals surface area (Å²) in [5, 5.41) is 6.65. The number of nitrogens with one attached hydrogen (secondary N) is 2. The van der Waals surface area contributed by atoms with Gasteiger partial charge in [0.1, 0.15) is 10.8 Å². The van der Waals surface area contributed by atoms with Gasteiger partial charge in [-0.1, -0.05) is 12.1 Å². The molecular formula is C20H21N3O5S. The van der Waals surface area contributed by atoms with Crippen molar-refractivity contribution in [3.05, 3.63) is 45.8 Å². The Hall–Kier alpha value is -3.20. The molecule has 1 aromatic carbocycles. The minimum absolute atomic E-state index is 0.331. The molecule has 1 aromatic heterocycles. The Labute approximate surface area is 171 Å². The third-order valence-electron chi connectivity index (χ3n) is 4.50. The van der Waals surface area contributed by atoms with Gasteiger partial charge in [0.2, 0.25) is 0 Å². The molecule has 0 spiro atoms. The third-order valence-corrected chi connectivity index (χ3v) is 5.71. The van der Waals surface area contributed by atoms with Crippen LogP contribution in [0.3, 0.4) is 0 Å². The molecule has 1 heterocycles. The van der Waals surface area contributed by atoms with Crippen LogP contribution in [0.5, 0.6) is 5.75 Å². The molecule has 2 N–H and O–H groups in total. The topological polar surface area (TPSA) is 106 Å². The fourth-order valence-electron chi connectivity index (χ4n) is 3.12. The molecule has 0 saturated heterocycles. The smallest absolute Gasteiger partial charge is 0.341 e. The second kappa shape index (κ2) is 9.33. The highest BCUT2D eigenvalue weighted by atomic mass is 32.1. The van der Waals surface area contributed by atoms with Gasteiger partial charge in [-0.05, 0) is 43.4 Å². The van der Waals surface area contributed by atoms with Crippen molar-refractivity contribution < 1.29 is 23.9 Å². The zero-order chi connectivity index (χ0) is 20.8. The van der Waals surface area contributed by atoms with Crippen LogP contribution in [0.15, 0.2) is 29.4 Å². The van der Waals surface area contributed by atoms with Crippen LogP contribution < -0.4 is 15.5 Å². The number of rotatable bonds is 5. The maximum Gasteiger partial charge on any atom is 0.341 e. The highest BCUT2D eigenvalue weighted by molar-refractivity contribution is 7.17. The number of hydrogen-bond donors (Lipinski definition) is 2. The van der Waals surface area contributed by atoms with Crippen LogP contribution in [0.2, 0.25) is 0 Å². The Morgan fingerprint density at radius 1 is 1.10 bits per heavy atom. The van der Waals surface area contributed by atoms with Gasteiger partial charge in [-0.25, -0.2) is 10.2 Å². The lowest BCUT2D eigenvalue weighted by Crippen LogP contribution is -2.32. The number of carbonyl (C=O) groups excluding carboxylic acids is 3. The normalized spacial score (nSPS) is 12.9. The number of benzene rings is 1. The molecule has 0 saturated carbocycles. The molecule has 0 unspecified atom stereocenters. The van der Waals surface area contributed by atoms with E-state index in [2.05, 4.69) is 15.8 Å². The van der Waals surface area contributed by atoms with Crippen LogP contribution >= 0.6 is 11.3 Å². The van der Waals surface area contributed by atoms with E-state index in [1.165, 1.54) is 31.8 Å². The molecule has 1 aliphatic carbocycles. The van der Waals surface area contributed by atoms with Crippen molar-refractivity contribution >= 4 is 40.3 Å². The number of aryl methyl sites for hydroxylation is 1. The number of carbonyl (C=O) groups is 3. The van der Waals surface area contributed by atoms with E-state index >= 15 is 0 Å². The van der Waals surface area contributed by atoms with Crippen molar-refractivity contribution in [2.24, 2.45) is 5.10 Å². The predicted octanol–water partition coefficient (Wildman–Crippen LogP) is 2.51. The number of hydrazone groups is 1. The average molecular weight is 415 g/mol. The van der Waals surface area contributed by atoms with Crippen molar-refractivity contribution in [1.29, 1.82) is 0 Å². The summed E-state index contributed by atoms with van der Waals surface area (Å²) in [5.74, 6) is -1.79. The van der Waals surface area contributed by atoms with E-state index in [0.29, 0.717) is 21.9 Å². The Bertz CT molecular complexity index is 967. The van der Waals surface area contributed by atoms with Gasteiger partial charge in [-0.3, -0.25) is 9.59 Å². The molecule has 0 bridgehead atoms. The number of ether oxygens (including phenoxy) is 2. The second-order valence-corrected chi connectivity index (χ2v) is 7.41. The van der Waals surface area contributed by atoms with Gasteiger partial charge in [0.25, 0.3) is 0 Å². The number of thiophene rings is 1. The Balaban J connectivity index is 1.70. The number of anilines is 1. The van der Waals surface area contributed by atoms with E-state index < -0.39 is 17.8 Å². The highest BCUT2D eigenvalue weighted by Crippen LogP contribution is 2.38. The molecule has 0 aliphatic heterocycles. The van der Waals surface area contributed by atoms with Crippen molar-refractivity contribution in [2.45, 2.75) is 25.7 Å². The quantitative estimate of drug-likeness (QED) is 0.338. The lowest BCUT2D eigenvalue weighted by molar-refractivity contribution is -0.136. The minimum atomic E-state index is -0.946. The number of amides is 2. The second-order valence-electron chi connectivity index (χ2n) is 6.30. The summed E-state index contributed by atoms with van der Waals surface area (Å²) in [6.45, 7) is 0. The first-order chi connectivity index (χ1) is 14.0. The molecule has 29 heavy (non-hydrogen) atoms. The van der Waals surface area contributed by atoms with E-state index in [4.69, 9.17) is 9.47 Å². The summed E-state index contributed by atoms with van der Waals surface area (Å²) in [5.41, 5.74) is 4.07. The summed E-state index contributed by atoms with van der Waals surface area (Å²) >= 11 is 1.31. The molecule has 152 valence electrons. The first kappa shape index (κ1) is 20.5.